The molecule has 0 radical (unpaired) electrons. The summed E-state index contributed by atoms with van der Waals surface area (Å²) in [7, 11) is 3.26. The SMILES string of the molecule is COc1ccc(C2=C(Br)C(C)(C)[N+]([O-])=C2c2ccc(OC)cc2)cc1. The number of benzene rings is 2. The lowest BCUT2D eigenvalue weighted by atomic mass is 9.95. The van der Waals surface area contributed by atoms with Crippen molar-refractivity contribution < 1.29 is 14.2 Å². The van der Waals surface area contributed by atoms with Gasteiger partial charge in [-0.05, 0) is 57.9 Å². The Labute approximate surface area is 156 Å². The average Bonchev–Trinajstić information content (AvgIpc) is 2.82. The molecule has 0 atom stereocenters. The Morgan fingerprint density at radius 1 is 0.840 bits per heavy atom. The van der Waals surface area contributed by atoms with E-state index >= 15 is 0 Å². The highest BCUT2D eigenvalue weighted by Crippen LogP contribution is 2.41. The molecule has 0 spiro atoms. The maximum atomic E-state index is 13.1. The van der Waals surface area contributed by atoms with Crippen LogP contribution >= 0.6 is 15.9 Å². The van der Waals surface area contributed by atoms with E-state index in [0.29, 0.717) is 5.71 Å². The van der Waals surface area contributed by atoms with Gasteiger partial charge in [0.05, 0.1) is 24.3 Å². The molecular weight excluding hydrogens is 382 g/mol. The Hall–Kier alpha value is -2.27. The van der Waals surface area contributed by atoms with Crippen molar-refractivity contribution >= 4 is 27.2 Å². The first kappa shape index (κ1) is 17.5. The minimum absolute atomic E-state index is 0.643. The summed E-state index contributed by atoms with van der Waals surface area (Å²) in [6.45, 7) is 3.81. The lowest BCUT2D eigenvalue weighted by Gasteiger charge is -2.19. The van der Waals surface area contributed by atoms with Crippen LogP contribution in [0.5, 0.6) is 11.5 Å². The number of hydrogen-bond donors (Lipinski definition) is 0. The van der Waals surface area contributed by atoms with E-state index in [-0.39, 0.29) is 0 Å². The van der Waals surface area contributed by atoms with Gasteiger partial charge in [-0.3, -0.25) is 0 Å². The quantitative estimate of drug-likeness (QED) is 0.555. The van der Waals surface area contributed by atoms with Gasteiger partial charge in [0.15, 0.2) is 5.54 Å². The molecule has 2 aromatic carbocycles. The summed E-state index contributed by atoms with van der Waals surface area (Å²) < 4.78 is 12.4. The Bertz CT molecular complexity index is 778. The van der Waals surface area contributed by atoms with Crippen molar-refractivity contribution in [2.75, 3.05) is 14.2 Å². The van der Waals surface area contributed by atoms with Crippen LogP contribution in [0.2, 0.25) is 0 Å². The normalized spacial score (nSPS) is 16.4. The molecular formula is C20H20BrNO3. The van der Waals surface area contributed by atoms with E-state index in [9.17, 15) is 5.21 Å². The fourth-order valence-electron chi connectivity index (χ4n) is 2.91. The van der Waals surface area contributed by atoms with Crippen LogP contribution in [0.1, 0.15) is 25.0 Å². The van der Waals surface area contributed by atoms with Crippen LogP contribution in [-0.2, 0) is 0 Å². The van der Waals surface area contributed by atoms with Crippen LogP contribution in [-0.4, -0.2) is 30.2 Å². The molecule has 5 heteroatoms. The summed E-state index contributed by atoms with van der Waals surface area (Å²) in [6.07, 6.45) is 0. The molecule has 0 aliphatic carbocycles. The molecule has 0 saturated heterocycles. The molecule has 4 nitrogen and oxygen atoms in total. The number of hydrogen-bond acceptors (Lipinski definition) is 3. The number of rotatable bonds is 4. The van der Waals surface area contributed by atoms with E-state index in [1.807, 2.05) is 62.4 Å². The Kier molecular flexibility index (Phi) is 4.60. The van der Waals surface area contributed by atoms with Crippen LogP contribution in [0.25, 0.3) is 5.57 Å². The first-order valence-electron chi connectivity index (χ1n) is 7.94. The molecule has 1 aliphatic rings. The molecule has 1 heterocycles. The topological polar surface area (TPSA) is 44.5 Å². The number of hydroxylamine groups is 1. The second-order valence-electron chi connectivity index (χ2n) is 6.35. The number of methoxy groups -OCH3 is 2. The molecule has 130 valence electrons. The average molecular weight is 402 g/mol. The second kappa shape index (κ2) is 6.56. The largest absolute Gasteiger partial charge is 0.623 e. The lowest BCUT2D eigenvalue weighted by molar-refractivity contribution is -0.520. The lowest BCUT2D eigenvalue weighted by Crippen LogP contribution is -2.31. The Morgan fingerprint density at radius 3 is 1.72 bits per heavy atom. The van der Waals surface area contributed by atoms with Gasteiger partial charge in [0.1, 0.15) is 11.5 Å². The van der Waals surface area contributed by atoms with E-state index in [2.05, 4.69) is 15.9 Å². The van der Waals surface area contributed by atoms with E-state index in [1.54, 1.807) is 14.2 Å². The van der Waals surface area contributed by atoms with Gasteiger partial charge in [0, 0.05) is 19.4 Å². The summed E-state index contributed by atoms with van der Waals surface area (Å²) in [5, 5.41) is 13.1. The predicted molar refractivity (Wildman–Crippen MR) is 104 cm³/mol. The van der Waals surface area contributed by atoms with Crippen LogP contribution in [0, 0.1) is 5.21 Å². The smallest absolute Gasteiger partial charge is 0.228 e. The van der Waals surface area contributed by atoms with Crippen molar-refractivity contribution in [1.82, 2.24) is 0 Å². The summed E-state index contributed by atoms with van der Waals surface area (Å²) in [4.78, 5) is 0. The zero-order valence-corrected chi connectivity index (χ0v) is 16.3. The molecule has 0 unspecified atom stereocenters. The number of ether oxygens (including phenoxy) is 2. The van der Waals surface area contributed by atoms with E-state index in [0.717, 1.165) is 37.4 Å². The molecule has 1 aliphatic heterocycles. The molecule has 0 N–H and O–H groups in total. The number of halogens is 1. The van der Waals surface area contributed by atoms with Crippen LogP contribution in [0.15, 0.2) is 53.0 Å². The van der Waals surface area contributed by atoms with Gasteiger partial charge in [0.2, 0.25) is 5.71 Å². The van der Waals surface area contributed by atoms with Gasteiger partial charge < -0.3 is 14.7 Å². The molecule has 0 amide bonds. The fraction of sp³-hybridized carbons (Fsp3) is 0.250. The molecule has 3 rings (SSSR count). The van der Waals surface area contributed by atoms with Crippen LogP contribution in [0.4, 0.5) is 0 Å². The van der Waals surface area contributed by atoms with E-state index in [1.165, 1.54) is 0 Å². The predicted octanol–water partition coefficient (Wildman–Crippen LogP) is 4.60. The first-order chi connectivity index (χ1) is 11.9. The molecule has 0 aromatic heterocycles. The fourth-order valence-corrected chi connectivity index (χ4v) is 3.49. The summed E-state index contributed by atoms with van der Waals surface area (Å²) >= 11 is 3.67. The van der Waals surface area contributed by atoms with Crippen molar-refractivity contribution in [1.29, 1.82) is 0 Å². The Balaban J connectivity index is 2.16. The zero-order chi connectivity index (χ0) is 18.2. The molecule has 0 saturated carbocycles. The zero-order valence-electron chi connectivity index (χ0n) is 14.7. The van der Waals surface area contributed by atoms with Crippen LogP contribution < -0.4 is 9.47 Å². The second-order valence-corrected chi connectivity index (χ2v) is 7.14. The maximum absolute atomic E-state index is 13.1. The van der Waals surface area contributed by atoms with E-state index in [4.69, 9.17) is 9.47 Å². The Morgan fingerprint density at radius 2 is 1.28 bits per heavy atom. The molecule has 0 fully saturated rings. The van der Waals surface area contributed by atoms with Crippen molar-refractivity contribution in [3.8, 4) is 11.5 Å². The summed E-state index contributed by atoms with van der Waals surface area (Å²) in [5.74, 6) is 1.54. The third-order valence-electron chi connectivity index (χ3n) is 4.45. The third kappa shape index (κ3) is 2.93. The third-order valence-corrected chi connectivity index (χ3v) is 5.81. The molecule has 25 heavy (non-hydrogen) atoms. The van der Waals surface area contributed by atoms with Crippen molar-refractivity contribution in [3.05, 3.63) is 69.3 Å². The highest BCUT2D eigenvalue weighted by molar-refractivity contribution is 9.12. The number of nitrogens with zero attached hydrogens (tertiary/aromatic N) is 1. The van der Waals surface area contributed by atoms with Gasteiger partial charge >= 0.3 is 0 Å². The monoisotopic (exact) mass is 401 g/mol. The number of allylic oxidation sites excluding steroid dienone is 1. The van der Waals surface area contributed by atoms with Crippen molar-refractivity contribution in [2.24, 2.45) is 0 Å². The molecule has 2 aromatic rings. The minimum atomic E-state index is -0.676. The highest BCUT2D eigenvalue weighted by Gasteiger charge is 2.44. The van der Waals surface area contributed by atoms with E-state index < -0.39 is 5.54 Å². The van der Waals surface area contributed by atoms with Gasteiger partial charge in [-0.25, -0.2) is 0 Å². The standard InChI is InChI=1S/C20H20BrNO3/c1-20(2)19(21)17(13-5-9-15(24-3)10-6-13)18(22(20)23)14-7-11-16(25-4)12-8-14/h5-12H,1-4H3. The molecule has 0 bridgehead atoms. The first-order valence-corrected chi connectivity index (χ1v) is 8.73. The van der Waals surface area contributed by atoms with Crippen molar-refractivity contribution in [3.63, 3.8) is 0 Å². The van der Waals surface area contributed by atoms with Gasteiger partial charge in [-0.2, -0.15) is 4.74 Å². The summed E-state index contributed by atoms with van der Waals surface area (Å²) in [6, 6.07) is 15.3. The maximum Gasteiger partial charge on any atom is 0.228 e. The van der Waals surface area contributed by atoms with Gasteiger partial charge in [-0.15, -0.1) is 0 Å². The highest BCUT2D eigenvalue weighted by atomic mass is 79.9. The van der Waals surface area contributed by atoms with Gasteiger partial charge in [0.25, 0.3) is 0 Å². The van der Waals surface area contributed by atoms with Gasteiger partial charge in [-0.1, -0.05) is 12.1 Å². The minimum Gasteiger partial charge on any atom is -0.623 e. The van der Waals surface area contributed by atoms with Crippen LogP contribution in [0.3, 0.4) is 0 Å². The van der Waals surface area contributed by atoms with Crippen molar-refractivity contribution in [2.45, 2.75) is 19.4 Å². The summed E-state index contributed by atoms with van der Waals surface area (Å²) in [5.41, 5.74) is 2.68.